The van der Waals surface area contributed by atoms with E-state index in [4.69, 9.17) is 0 Å². The molecule has 4 rings (SSSR count). The van der Waals surface area contributed by atoms with Crippen molar-refractivity contribution in [2.24, 2.45) is 5.41 Å². The SMILES string of the molecule is CC(C)(C)CC(=O)Nc1ccc(SCC(=O)Nc2nc(-c3ccc4ccccc4c3)cs2)cc1. The Hall–Kier alpha value is -3.16. The van der Waals surface area contributed by atoms with Gasteiger partial charge in [0, 0.05) is 27.9 Å². The molecule has 0 unspecified atom stereocenters. The maximum absolute atomic E-state index is 12.4. The van der Waals surface area contributed by atoms with Crippen molar-refractivity contribution in [3.63, 3.8) is 0 Å². The van der Waals surface area contributed by atoms with E-state index in [0.29, 0.717) is 11.6 Å². The predicted molar refractivity (Wildman–Crippen MR) is 144 cm³/mol. The number of anilines is 2. The molecule has 0 aliphatic rings. The fourth-order valence-electron chi connectivity index (χ4n) is 3.44. The van der Waals surface area contributed by atoms with E-state index in [9.17, 15) is 9.59 Å². The van der Waals surface area contributed by atoms with Crippen LogP contribution in [-0.2, 0) is 9.59 Å². The number of nitrogens with zero attached hydrogens (tertiary/aromatic N) is 1. The number of thiazole rings is 1. The van der Waals surface area contributed by atoms with E-state index < -0.39 is 0 Å². The molecule has 0 saturated carbocycles. The lowest BCUT2D eigenvalue weighted by Gasteiger charge is -2.17. The van der Waals surface area contributed by atoms with Gasteiger partial charge in [0.25, 0.3) is 0 Å². The second-order valence-corrected chi connectivity index (χ2v) is 11.2. The molecular formula is C27H27N3O2S2. The van der Waals surface area contributed by atoms with Gasteiger partial charge in [0.1, 0.15) is 0 Å². The molecule has 0 radical (unpaired) electrons. The molecule has 0 spiro atoms. The summed E-state index contributed by atoms with van der Waals surface area (Å²) < 4.78 is 0. The molecule has 0 saturated heterocycles. The van der Waals surface area contributed by atoms with E-state index in [-0.39, 0.29) is 23.0 Å². The molecule has 0 atom stereocenters. The Kier molecular flexibility index (Phi) is 7.34. The Bertz CT molecular complexity index is 1310. The van der Waals surface area contributed by atoms with Gasteiger partial charge in [0.15, 0.2) is 5.13 Å². The first kappa shape index (κ1) is 24.0. The summed E-state index contributed by atoms with van der Waals surface area (Å²) >= 11 is 2.86. The number of fused-ring (bicyclic) bond motifs is 1. The van der Waals surface area contributed by atoms with E-state index in [2.05, 4.69) is 39.9 Å². The van der Waals surface area contributed by atoms with E-state index in [1.165, 1.54) is 28.5 Å². The second kappa shape index (κ2) is 10.4. The average molecular weight is 490 g/mol. The molecule has 4 aromatic rings. The number of carbonyl (C=O) groups excluding carboxylic acids is 2. The van der Waals surface area contributed by atoms with E-state index in [1.54, 1.807) is 0 Å². The number of hydrogen-bond acceptors (Lipinski definition) is 5. The smallest absolute Gasteiger partial charge is 0.236 e. The fourth-order valence-corrected chi connectivity index (χ4v) is 4.87. The van der Waals surface area contributed by atoms with Crippen LogP contribution < -0.4 is 10.6 Å². The lowest BCUT2D eigenvalue weighted by atomic mass is 9.92. The molecule has 0 aliphatic heterocycles. The lowest BCUT2D eigenvalue weighted by molar-refractivity contribution is -0.118. The van der Waals surface area contributed by atoms with Gasteiger partial charge in [-0.3, -0.25) is 9.59 Å². The highest BCUT2D eigenvalue weighted by molar-refractivity contribution is 8.00. The van der Waals surface area contributed by atoms with E-state index >= 15 is 0 Å². The van der Waals surface area contributed by atoms with Crippen molar-refractivity contribution < 1.29 is 9.59 Å². The third kappa shape index (κ3) is 6.68. The quantitative estimate of drug-likeness (QED) is 0.272. The number of benzene rings is 3. The molecule has 5 nitrogen and oxygen atoms in total. The Labute approximate surface area is 208 Å². The minimum atomic E-state index is -0.105. The number of aromatic nitrogens is 1. The molecule has 34 heavy (non-hydrogen) atoms. The highest BCUT2D eigenvalue weighted by Gasteiger charge is 2.16. The molecule has 1 heterocycles. The minimum absolute atomic E-state index is 0.00112. The number of hydrogen-bond donors (Lipinski definition) is 2. The van der Waals surface area contributed by atoms with Crippen molar-refractivity contribution >= 4 is 56.5 Å². The van der Waals surface area contributed by atoms with Gasteiger partial charge in [-0.1, -0.05) is 57.2 Å². The van der Waals surface area contributed by atoms with E-state index in [0.717, 1.165) is 27.2 Å². The lowest BCUT2D eigenvalue weighted by Crippen LogP contribution is -2.19. The first-order valence-corrected chi connectivity index (χ1v) is 12.9. The Morgan fingerprint density at radius 1 is 0.912 bits per heavy atom. The number of carbonyl (C=O) groups is 2. The van der Waals surface area contributed by atoms with Crippen molar-refractivity contribution in [1.29, 1.82) is 0 Å². The zero-order valence-corrected chi connectivity index (χ0v) is 21.1. The molecule has 2 N–H and O–H groups in total. The topological polar surface area (TPSA) is 71.1 Å². The largest absolute Gasteiger partial charge is 0.326 e. The van der Waals surface area contributed by atoms with Crippen LogP contribution in [0.1, 0.15) is 27.2 Å². The highest BCUT2D eigenvalue weighted by atomic mass is 32.2. The number of amides is 2. The Balaban J connectivity index is 1.29. The zero-order valence-electron chi connectivity index (χ0n) is 19.4. The molecule has 0 bridgehead atoms. The van der Waals surface area contributed by atoms with Gasteiger partial charge in [-0.05, 0) is 46.5 Å². The van der Waals surface area contributed by atoms with Crippen LogP contribution in [-0.4, -0.2) is 22.6 Å². The first-order valence-electron chi connectivity index (χ1n) is 11.0. The zero-order chi connectivity index (χ0) is 24.1. The third-order valence-corrected chi connectivity index (χ3v) is 6.76. The summed E-state index contributed by atoms with van der Waals surface area (Å²) in [5, 5.41) is 10.7. The molecule has 1 aromatic heterocycles. The normalized spacial score (nSPS) is 11.4. The summed E-state index contributed by atoms with van der Waals surface area (Å²) in [5.41, 5.74) is 2.58. The van der Waals surface area contributed by atoms with Gasteiger partial charge in [0.05, 0.1) is 11.4 Å². The maximum Gasteiger partial charge on any atom is 0.236 e. The first-order chi connectivity index (χ1) is 16.2. The van der Waals surface area contributed by atoms with Crippen molar-refractivity contribution in [3.8, 4) is 11.3 Å². The number of nitrogens with one attached hydrogen (secondary N) is 2. The van der Waals surface area contributed by atoms with Gasteiger partial charge in [-0.15, -0.1) is 23.1 Å². The van der Waals surface area contributed by atoms with Gasteiger partial charge < -0.3 is 10.6 Å². The van der Waals surface area contributed by atoms with Gasteiger partial charge in [-0.25, -0.2) is 4.98 Å². The summed E-state index contributed by atoms with van der Waals surface area (Å²) in [6.07, 6.45) is 0.461. The third-order valence-electron chi connectivity index (χ3n) is 4.99. The van der Waals surface area contributed by atoms with Crippen LogP contribution in [0.3, 0.4) is 0 Å². The van der Waals surface area contributed by atoms with Crippen LogP contribution in [0.15, 0.2) is 77.0 Å². The standard InChI is InChI=1S/C27H27N3O2S2/c1-27(2,3)15-24(31)28-21-10-12-22(13-11-21)33-17-25(32)30-26-29-23(16-34-26)20-9-8-18-6-4-5-7-19(18)14-20/h4-14,16H,15,17H2,1-3H3,(H,28,31)(H,29,30,32). The molecule has 2 amide bonds. The second-order valence-electron chi connectivity index (χ2n) is 9.25. The van der Waals surface area contributed by atoms with Crippen LogP contribution in [0.4, 0.5) is 10.8 Å². The van der Waals surface area contributed by atoms with Crippen LogP contribution in [0.2, 0.25) is 0 Å². The number of thioether (sulfide) groups is 1. The van der Waals surface area contributed by atoms with Gasteiger partial charge in [-0.2, -0.15) is 0 Å². The van der Waals surface area contributed by atoms with Gasteiger partial charge in [0.2, 0.25) is 11.8 Å². The molecule has 0 fully saturated rings. The number of rotatable bonds is 7. The van der Waals surface area contributed by atoms with Crippen LogP contribution in [0, 0.1) is 5.41 Å². The van der Waals surface area contributed by atoms with Gasteiger partial charge >= 0.3 is 0 Å². The van der Waals surface area contributed by atoms with Crippen LogP contribution in [0.5, 0.6) is 0 Å². The maximum atomic E-state index is 12.4. The van der Waals surface area contributed by atoms with Crippen LogP contribution >= 0.6 is 23.1 Å². The summed E-state index contributed by atoms with van der Waals surface area (Å²) in [7, 11) is 0. The molecule has 0 aliphatic carbocycles. The van der Waals surface area contributed by atoms with Crippen LogP contribution in [0.25, 0.3) is 22.0 Å². The summed E-state index contributed by atoms with van der Waals surface area (Å²) in [6, 6.07) is 22.0. The summed E-state index contributed by atoms with van der Waals surface area (Å²) in [4.78, 5) is 30.0. The van der Waals surface area contributed by atoms with E-state index in [1.807, 2.05) is 68.6 Å². The Morgan fingerprint density at radius 2 is 1.65 bits per heavy atom. The molecule has 7 heteroatoms. The predicted octanol–water partition coefficient (Wildman–Crippen LogP) is 7.07. The Morgan fingerprint density at radius 3 is 2.38 bits per heavy atom. The molecular weight excluding hydrogens is 462 g/mol. The molecule has 174 valence electrons. The minimum Gasteiger partial charge on any atom is -0.326 e. The average Bonchev–Trinajstić information content (AvgIpc) is 3.25. The molecule has 3 aromatic carbocycles. The van der Waals surface area contributed by atoms with Crippen molar-refractivity contribution in [1.82, 2.24) is 4.98 Å². The summed E-state index contributed by atoms with van der Waals surface area (Å²) in [6.45, 7) is 6.11. The van der Waals surface area contributed by atoms with Crippen molar-refractivity contribution in [2.45, 2.75) is 32.1 Å². The van der Waals surface area contributed by atoms with Crippen molar-refractivity contribution in [2.75, 3.05) is 16.4 Å². The monoisotopic (exact) mass is 489 g/mol. The highest BCUT2D eigenvalue weighted by Crippen LogP contribution is 2.28. The van der Waals surface area contributed by atoms with Crippen molar-refractivity contribution in [3.05, 3.63) is 72.1 Å². The summed E-state index contributed by atoms with van der Waals surface area (Å²) in [5.74, 6) is 0.173. The fraction of sp³-hybridized carbons (Fsp3) is 0.222.